The normalized spacial score (nSPS) is 13.1. The molecular formula is C36H14N4O9S2. The molecule has 0 aliphatic rings. The van der Waals surface area contributed by atoms with Gasteiger partial charge in [0.2, 0.25) is 0 Å². The first-order valence-corrected chi connectivity index (χ1v) is 16.9. The van der Waals surface area contributed by atoms with Crippen molar-refractivity contribution in [2.75, 3.05) is 0 Å². The molecule has 0 spiro atoms. The Hall–Kier alpha value is -5.62. The van der Waals surface area contributed by atoms with Gasteiger partial charge in [-0.3, -0.25) is 18.4 Å². The van der Waals surface area contributed by atoms with E-state index in [1.54, 1.807) is 45.2 Å². The Bertz CT molecular complexity index is 3350. The Morgan fingerprint density at radius 1 is 0.529 bits per heavy atom. The lowest BCUT2D eigenvalue weighted by molar-refractivity contribution is -0.432. The van der Waals surface area contributed by atoms with E-state index in [-0.39, 0.29) is 11.1 Å². The van der Waals surface area contributed by atoms with Gasteiger partial charge in [-0.15, -0.1) is 8.67 Å². The molecule has 0 aliphatic carbocycles. The Balaban J connectivity index is 1.25. The monoisotopic (exact) mass is 710 g/mol. The number of pyridine rings is 2. The van der Waals surface area contributed by atoms with Gasteiger partial charge in [-0.1, -0.05) is 22.2 Å². The van der Waals surface area contributed by atoms with E-state index >= 15 is 0 Å². The number of imidazole rings is 2. The molecule has 0 radical (unpaired) electrons. The maximum atomic E-state index is 14.3. The molecule has 15 heteroatoms. The van der Waals surface area contributed by atoms with Gasteiger partial charge in [-0.05, 0) is 71.4 Å². The van der Waals surface area contributed by atoms with E-state index in [1.807, 2.05) is 36.4 Å². The molecule has 7 aromatic carbocycles. The van der Waals surface area contributed by atoms with Crippen molar-refractivity contribution >= 4 is 133 Å². The predicted molar refractivity (Wildman–Crippen MR) is 192 cm³/mol. The molecule has 12 rings (SSSR count). The third kappa shape index (κ3) is 3.34. The fourth-order valence-corrected chi connectivity index (χ4v) is 9.14. The highest BCUT2D eigenvalue weighted by atomic mass is 32.2. The molecule has 2 N–H and O–H groups in total. The first-order valence-electron chi connectivity index (χ1n) is 15.4. The summed E-state index contributed by atoms with van der Waals surface area (Å²) >= 11 is 1.61. The van der Waals surface area contributed by atoms with Crippen LogP contribution in [0.2, 0.25) is 0 Å². The molecule has 0 fully saturated rings. The van der Waals surface area contributed by atoms with E-state index in [2.05, 4.69) is 18.7 Å². The molecule has 0 amide bonds. The Morgan fingerprint density at radius 2 is 0.980 bits per heavy atom. The van der Waals surface area contributed by atoms with Crippen LogP contribution in [0.15, 0.2) is 96.6 Å². The van der Waals surface area contributed by atoms with Crippen molar-refractivity contribution in [3.8, 4) is 0 Å². The molecular weight excluding hydrogens is 697 g/mol. The molecule has 5 aromatic heterocycles. The summed E-state index contributed by atoms with van der Waals surface area (Å²) in [5.74, 6) is 0. The number of benzene rings is 7. The largest absolute Gasteiger partial charge is 0.456 e. The lowest BCUT2D eigenvalue weighted by atomic mass is 9.86. The highest BCUT2D eigenvalue weighted by Gasteiger charge is 2.28. The van der Waals surface area contributed by atoms with Crippen molar-refractivity contribution in [3.05, 3.63) is 93.5 Å². The van der Waals surface area contributed by atoms with Crippen LogP contribution in [0, 0.1) is 0 Å². The average molecular weight is 711 g/mol. The predicted octanol–water partition coefficient (Wildman–Crippen LogP) is 8.28. The van der Waals surface area contributed by atoms with Crippen LogP contribution in [-0.4, -0.2) is 29.3 Å². The van der Waals surface area contributed by atoms with Gasteiger partial charge in [0.1, 0.15) is 22.5 Å². The van der Waals surface area contributed by atoms with Crippen molar-refractivity contribution in [1.82, 2.24) is 18.8 Å². The molecule has 5 heterocycles. The quantitative estimate of drug-likeness (QED) is 0.0559. The van der Waals surface area contributed by atoms with Crippen LogP contribution in [-0.2, 0) is 18.7 Å². The highest BCUT2D eigenvalue weighted by molar-refractivity contribution is 7.94. The van der Waals surface area contributed by atoms with Crippen LogP contribution in [0.5, 0.6) is 0 Å². The van der Waals surface area contributed by atoms with Crippen LogP contribution >= 0.6 is 24.1 Å². The number of furan rings is 1. The van der Waals surface area contributed by atoms with E-state index in [0.717, 1.165) is 77.9 Å². The van der Waals surface area contributed by atoms with E-state index in [4.69, 9.17) is 24.9 Å². The van der Waals surface area contributed by atoms with Gasteiger partial charge in [0.15, 0.2) is 0 Å². The Kier molecular flexibility index (Phi) is 5.28. The zero-order chi connectivity index (χ0) is 33.9. The van der Waals surface area contributed by atoms with Crippen molar-refractivity contribution in [1.29, 1.82) is 0 Å². The van der Waals surface area contributed by atoms with E-state index in [0.29, 0.717) is 65.1 Å². The third-order valence-corrected chi connectivity index (χ3v) is 11.3. The topological polar surface area (TPSA) is 159 Å². The second kappa shape index (κ2) is 9.58. The Labute approximate surface area is 288 Å². The maximum Gasteiger partial charge on any atom is 0.264 e. The minimum atomic E-state index is -0.218. The number of aromatic nitrogens is 4. The van der Waals surface area contributed by atoms with E-state index in [1.165, 1.54) is 0 Å². The summed E-state index contributed by atoms with van der Waals surface area (Å²) in [6.07, 6.45) is 0. The SMILES string of the molecule is O=c1c2ccc3c4ccc5c(=O)n6c7cc(SOOO)ccc7nc6c6cc7oc8cc(c2c3c8c7c4c56)c2nc3ccc(SOOO)cc3n12. The summed E-state index contributed by atoms with van der Waals surface area (Å²) in [7, 11) is 0. The third-order valence-electron chi connectivity index (χ3n) is 10.2. The average Bonchev–Trinajstić information content (AvgIpc) is 3.85. The first kappa shape index (κ1) is 28.1. The minimum Gasteiger partial charge on any atom is -0.456 e. The van der Waals surface area contributed by atoms with E-state index in [9.17, 15) is 9.59 Å². The molecule has 0 saturated heterocycles. The number of nitrogens with zero attached hydrogens (tertiary/aromatic N) is 4. The fraction of sp³-hybridized carbons (Fsp3) is 0. The molecule has 0 unspecified atom stereocenters. The van der Waals surface area contributed by atoms with Crippen molar-refractivity contribution in [2.45, 2.75) is 9.79 Å². The lowest BCUT2D eigenvalue weighted by Crippen LogP contribution is -2.14. The van der Waals surface area contributed by atoms with Crippen LogP contribution in [0.4, 0.5) is 0 Å². The molecule has 13 nitrogen and oxygen atoms in total. The van der Waals surface area contributed by atoms with Crippen molar-refractivity contribution in [2.24, 2.45) is 0 Å². The molecule has 0 saturated carbocycles. The number of hydrogen-bond donors (Lipinski definition) is 2. The zero-order valence-electron chi connectivity index (χ0n) is 25.3. The van der Waals surface area contributed by atoms with Crippen molar-refractivity contribution in [3.63, 3.8) is 0 Å². The lowest BCUT2D eigenvalue weighted by Gasteiger charge is -2.16. The van der Waals surface area contributed by atoms with Gasteiger partial charge in [0, 0.05) is 63.7 Å². The second-order valence-corrected chi connectivity index (χ2v) is 14.0. The molecule has 0 aliphatic heterocycles. The number of rotatable bonds is 6. The van der Waals surface area contributed by atoms with Gasteiger partial charge in [0.05, 0.1) is 46.2 Å². The zero-order valence-corrected chi connectivity index (χ0v) is 26.9. The van der Waals surface area contributed by atoms with Gasteiger partial charge in [-0.2, -0.15) is 0 Å². The van der Waals surface area contributed by atoms with Crippen LogP contribution in [0.1, 0.15) is 0 Å². The van der Waals surface area contributed by atoms with Gasteiger partial charge >= 0.3 is 0 Å². The maximum absolute atomic E-state index is 14.3. The van der Waals surface area contributed by atoms with Crippen molar-refractivity contribution < 1.29 is 33.7 Å². The smallest absolute Gasteiger partial charge is 0.264 e. The second-order valence-electron chi connectivity index (χ2n) is 12.4. The fourth-order valence-electron chi connectivity index (χ4n) is 8.35. The molecule has 0 atom stereocenters. The molecule has 51 heavy (non-hydrogen) atoms. The van der Waals surface area contributed by atoms with Gasteiger partial charge in [-0.25, -0.2) is 20.5 Å². The molecule has 244 valence electrons. The Morgan fingerprint density at radius 3 is 1.43 bits per heavy atom. The highest BCUT2D eigenvalue weighted by Crippen LogP contribution is 2.51. The number of fused-ring (bicyclic) bond motifs is 9. The van der Waals surface area contributed by atoms with E-state index < -0.39 is 0 Å². The summed E-state index contributed by atoms with van der Waals surface area (Å²) in [5, 5.41) is 34.4. The first-order chi connectivity index (χ1) is 25.0. The summed E-state index contributed by atoms with van der Waals surface area (Å²) in [4.78, 5) is 39.6. The molecule has 12 aromatic rings. The number of hydrogen-bond acceptors (Lipinski definition) is 13. The minimum absolute atomic E-state index is 0.218. The summed E-state index contributed by atoms with van der Waals surface area (Å²) < 4.78 is 19.2. The summed E-state index contributed by atoms with van der Waals surface area (Å²) in [6.45, 7) is 0. The van der Waals surface area contributed by atoms with Crippen LogP contribution in [0.3, 0.4) is 0 Å². The summed E-state index contributed by atoms with van der Waals surface area (Å²) in [6, 6.07) is 22.2. The van der Waals surface area contributed by atoms with Crippen LogP contribution < -0.4 is 11.1 Å². The van der Waals surface area contributed by atoms with Crippen LogP contribution in [0.25, 0.3) is 109 Å². The molecule has 0 bridgehead atoms. The summed E-state index contributed by atoms with van der Waals surface area (Å²) in [5.41, 5.74) is 4.18. The van der Waals surface area contributed by atoms with Gasteiger partial charge in [0.25, 0.3) is 11.1 Å². The standard InChI is InChI=1S/C36H14N4O9S2/c41-35-17-5-3-15-16-4-6-18-28-20(34-38-22-8-2-14(51-49-47-44)10-24(22)40(34)36(18)42)12-26-32(30(16)28)31-25(45-26)11-19(27(17)29(15)31)33-37-21-7-1-13(50-48-46-43)9-23(21)39(33)35/h1-12,43-44H. The van der Waals surface area contributed by atoms with Gasteiger partial charge < -0.3 is 4.42 Å².